The highest BCUT2D eigenvalue weighted by atomic mass is 79.9. The van der Waals surface area contributed by atoms with Gasteiger partial charge in [0, 0.05) is 15.7 Å². The minimum Gasteiger partial charge on any atom is -0.422 e. The van der Waals surface area contributed by atoms with Crippen LogP contribution in [-0.2, 0) is 9.59 Å². The number of aryl methyl sites for hydroxylation is 1. The second kappa shape index (κ2) is 10.5. The zero-order valence-electron chi connectivity index (χ0n) is 17.4. The van der Waals surface area contributed by atoms with Crippen LogP contribution in [0.15, 0.2) is 82.4 Å². The van der Waals surface area contributed by atoms with Gasteiger partial charge in [0.2, 0.25) is 0 Å². The van der Waals surface area contributed by atoms with E-state index in [0.717, 1.165) is 5.56 Å². The van der Waals surface area contributed by atoms with Crippen LogP contribution >= 0.6 is 15.9 Å². The molecule has 0 aliphatic heterocycles. The zero-order valence-corrected chi connectivity index (χ0v) is 19.0. The summed E-state index contributed by atoms with van der Waals surface area (Å²) < 4.78 is 6.15. The third-order valence-electron chi connectivity index (χ3n) is 4.41. The molecular weight excluding hydrogens is 474 g/mol. The first-order valence-corrected chi connectivity index (χ1v) is 10.4. The number of esters is 1. The summed E-state index contributed by atoms with van der Waals surface area (Å²) in [5.74, 6) is -2.04. The highest BCUT2D eigenvalue weighted by molar-refractivity contribution is 9.10. The fourth-order valence-electron chi connectivity index (χ4n) is 2.71. The van der Waals surface area contributed by atoms with Crippen LogP contribution in [0.3, 0.4) is 0 Å². The van der Waals surface area contributed by atoms with E-state index in [-0.39, 0.29) is 5.75 Å². The maximum Gasteiger partial charge on any atom is 0.344 e. The van der Waals surface area contributed by atoms with E-state index in [1.807, 2.05) is 19.1 Å². The fraction of sp³-hybridized carbons (Fsp3) is 0.0833. The summed E-state index contributed by atoms with van der Waals surface area (Å²) in [7, 11) is 0. The summed E-state index contributed by atoms with van der Waals surface area (Å²) in [6.45, 7) is 3.55. The van der Waals surface area contributed by atoms with E-state index < -0.39 is 17.8 Å². The van der Waals surface area contributed by atoms with Crippen LogP contribution in [0.5, 0.6) is 5.75 Å². The summed E-state index contributed by atoms with van der Waals surface area (Å²) in [5, 5.41) is 6.48. The van der Waals surface area contributed by atoms with Crippen molar-refractivity contribution in [2.75, 3.05) is 5.32 Å². The number of rotatable bonds is 5. The van der Waals surface area contributed by atoms with Gasteiger partial charge in [-0.05, 0) is 66.2 Å². The average Bonchev–Trinajstić information content (AvgIpc) is 2.79. The quantitative estimate of drug-likeness (QED) is 0.180. The molecule has 2 amide bonds. The maximum absolute atomic E-state index is 12.5. The zero-order chi connectivity index (χ0) is 23.1. The molecular formula is C24H20BrN3O4. The number of nitrogens with zero attached hydrogens (tertiary/aromatic N) is 1. The van der Waals surface area contributed by atoms with Gasteiger partial charge in [0.05, 0.1) is 11.3 Å². The van der Waals surface area contributed by atoms with Gasteiger partial charge < -0.3 is 10.1 Å². The first-order valence-electron chi connectivity index (χ1n) is 9.63. The predicted molar refractivity (Wildman–Crippen MR) is 126 cm³/mol. The standard InChI is InChI=1S/C24H20BrN3O4/c1-15-11-13-17(14-12-15)26-22(29)23(30)28-27-16(2)18-7-4-6-10-21(18)32-24(31)19-8-3-5-9-20(19)25/h3-14H,1-2H3,(H,26,29)(H,28,30). The smallest absolute Gasteiger partial charge is 0.344 e. The normalized spacial score (nSPS) is 10.9. The third kappa shape index (κ3) is 5.89. The van der Waals surface area contributed by atoms with Gasteiger partial charge in [0.25, 0.3) is 0 Å². The van der Waals surface area contributed by atoms with Crippen LogP contribution in [0.1, 0.15) is 28.4 Å². The molecule has 0 aliphatic carbocycles. The van der Waals surface area contributed by atoms with Gasteiger partial charge in [0.15, 0.2) is 0 Å². The Kier molecular flexibility index (Phi) is 7.51. The van der Waals surface area contributed by atoms with E-state index in [9.17, 15) is 14.4 Å². The number of amides is 2. The van der Waals surface area contributed by atoms with Crippen molar-refractivity contribution < 1.29 is 19.1 Å². The van der Waals surface area contributed by atoms with Crippen LogP contribution in [-0.4, -0.2) is 23.5 Å². The number of halogens is 1. The summed E-state index contributed by atoms with van der Waals surface area (Å²) in [6.07, 6.45) is 0. The monoisotopic (exact) mass is 493 g/mol. The molecule has 0 atom stereocenters. The molecule has 0 aliphatic rings. The first-order chi connectivity index (χ1) is 15.3. The van der Waals surface area contributed by atoms with Crippen LogP contribution in [0.2, 0.25) is 0 Å². The minimum absolute atomic E-state index is 0.271. The molecule has 32 heavy (non-hydrogen) atoms. The highest BCUT2D eigenvalue weighted by Gasteiger charge is 2.17. The van der Waals surface area contributed by atoms with Gasteiger partial charge in [-0.15, -0.1) is 0 Å². The number of hydrogen-bond acceptors (Lipinski definition) is 5. The molecule has 0 saturated heterocycles. The molecule has 0 spiro atoms. The number of carbonyl (C=O) groups is 3. The average molecular weight is 494 g/mol. The Balaban J connectivity index is 1.69. The van der Waals surface area contributed by atoms with Crippen molar-refractivity contribution >= 4 is 45.1 Å². The Bertz CT molecular complexity index is 1190. The molecule has 0 aromatic heterocycles. The molecule has 7 nitrogen and oxygen atoms in total. The van der Waals surface area contributed by atoms with Crippen molar-refractivity contribution in [3.05, 3.63) is 94.0 Å². The van der Waals surface area contributed by atoms with Crippen LogP contribution in [0.25, 0.3) is 0 Å². The molecule has 0 bridgehead atoms. The number of hydrazone groups is 1. The first kappa shape index (κ1) is 22.9. The lowest BCUT2D eigenvalue weighted by atomic mass is 10.1. The fourth-order valence-corrected chi connectivity index (χ4v) is 3.15. The van der Waals surface area contributed by atoms with E-state index >= 15 is 0 Å². The molecule has 3 rings (SSSR count). The minimum atomic E-state index is -0.924. The van der Waals surface area contributed by atoms with Crippen LogP contribution < -0.4 is 15.5 Å². The summed E-state index contributed by atoms with van der Waals surface area (Å²) in [5.41, 5.74) is 4.98. The van der Waals surface area contributed by atoms with E-state index in [0.29, 0.717) is 27.0 Å². The summed E-state index contributed by atoms with van der Waals surface area (Å²) >= 11 is 3.33. The largest absolute Gasteiger partial charge is 0.422 e. The molecule has 0 radical (unpaired) electrons. The Morgan fingerprint density at radius 2 is 1.47 bits per heavy atom. The van der Waals surface area contributed by atoms with Gasteiger partial charge in [-0.2, -0.15) is 5.10 Å². The summed E-state index contributed by atoms with van der Waals surface area (Å²) in [6, 6.07) is 20.7. The molecule has 2 N–H and O–H groups in total. The molecule has 0 fully saturated rings. The van der Waals surface area contributed by atoms with Gasteiger partial charge in [-0.25, -0.2) is 10.2 Å². The van der Waals surface area contributed by atoms with Crippen molar-refractivity contribution in [2.45, 2.75) is 13.8 Å². The predicted octanol–water partition coefficient (Wildman–Crippen LogP) is 4.46. The molecule has 8 heteroatoms. The lowest BCUT2D eigenvalue weighted by Gasteiger charge is -2.11. The number of hydrogen-bond donors (Lipinski definition) is 2. The third-order valence-corrected chi connectivity index (χ3v) is 5.11. The van der Waals surface area contributed by atoms with Crippen LogP contribution in [0, 0.1) is 6.92 Å². The van der Waals surface area contributed by atoms with Crippen molar-refractivity contribution in [2.24, 2.45) is 5.10 Å². The molecule has 3 aromatic rings. The van der Waals surface area contributed by atoms with Crippen molar-refractivity contribution in [1.29, 1.82) is 0 Å². The number of carbonyl (C=O) groups excluding carboxylic acids is 3. The molecule has 0 heterocycles. The van der Waals surface area contributed by atoms with E-state index in [1.165, 1.54) is 0 Å². The van der Waals surface area contributed by atoms with E-state index in [2.05, 4.69) is 31.8 Å². The maximum atomic E-state index is 12.5. The van der Waals surface area contributed by atoms with Gasteiger partial charge >= 0.3 is 17.8 Å². The lowest BCUT2D eigenvalue weighted by Crippen LogP contribution is -2.33. The van der Waals surface area contributed by atoms with Gasteiger partial charge in [-0.3, -0.25) is 9.59 Å². The Hall–Kier alpha value is -3.78. The number of nitrogens with one attached hydrogen (secondary N) is 2. The van der Waals surface area contributed by atoms with Crippen LogP contribution in [0.4, 0.5) is 5.69 Å². The van der Waals surface area contributed by atoms with Gasteiger partial charge in [0.1, 0.15) is 5.75 Å². The van der Waals surface area contributed by atoms with E-state index in [1.54, 1.807) is 67.6 Å². The summed E-state index contributed by atoms with van der Waals surface area (Å²) in [4.78, 5) is 36.7. The Labute approximate surface area is 193 Å². The molecule has 0 saturated carbocycles. The lowest BCUT2D eigenvalue weighted by molar-refractivity contribution is -0.136. The number of ether oxygens (including phenoxy) is 1. The number of benzene rings is 3. The molecule has 3 aromatic carbocycles. The number of anilines is 1. The number of para-hydroxylation sites is 1. The Morgan fingerprint density at radius 1 is 0.844 bits per heavy atom. The highest BCUT2D eigenvalue weighted by Crippen LogP contribution is 2.23. The van der Waals surface area contributed by atoms with Crippen molar-refractivity contribution in [1.82, 2.24) is 5.43 Å². The molecule has 162 valence electrons. The topological polar surface area (TPSA) is 96.9 Å². The second-order valence-corrected chi connectivity index (χ2v) is 7.68. The van der Waals surface area contributed by atoms with Crippen molar-refractivity contribution in [3.8, 4) is 5.75 Å². The second-order valence-electron chi connectivity index (χ2n) is 6.82. The Morgan fingerprint density at radius 3 is 2.16 bits per heavy atom. The van der Waals surface area contributed by atoms with E-state index in [4.69, 9.17) is 4.74 Å². The van der Waals surface area contributed by atoms with Crippen molar-refractivity contribution in [3.63, 3.8) is 0 Å². The SMILES string of the molecule is CC(=NNC(=O)C(=O)Nc1ccc(C)cc1)c1ccccc1OC(=O)c1ccccc1Br. The van der Waals surface area contributed by atoms with Gasteiger partial charge in [-0.1, -0.05) is 42.0 Å². The molecule has 0 unspecified atom stereocenters.